The van der Waals surface area contributed by atoms with Crippen LogP contribution in [0.4, 0.5) is 5.69 Å². The van der Waals surface area contributed by atoms with Gasteiger partial charge in [-0.1, -0.05) is 29.8 Å². The van der Waals surface area contributed by atoms with E-state index in [0.29, 0.717) is 5.11 Å². The fourth-order valence-corrected chi connectivity index (χ4v) is 2.86. The summed E-state index contributed by atoms with van der Waals surface area (Å²) in [5, 5.41) is 7.74. The van der Waals surface area contributed by atoms with Crippen LogP contribution in [0.5, 0.6) is 5.75 Å². The number of methoxy groups -OCH3 is 1. The maximum absolute atomic E-state index is 5.27. The molecule has 0 amide bonds. The molecule has 0 aliphatic rings. The molecule has 6 heteroatoms. The van der Waals surface area contributed by atoms with E-state index in [-0.39, 0.29) is 0 Å². The third-order valence-corrected chi connectivity index (χ3v) is 4.20. The minimum Gasteiger partial charge on any atom is -0.497 e. The molecule has 0 radical (unpaired) electrons. The molecule has 0 unspecified atom stereocenters. The predicted molar refractivity (Wildman–Crippen MR) is 115 cm³/mol. The summed E-state index contributed by atoms with van der Waals surface area (Å²) in [6.45, 7) is 2.90. The van der Waals surface area contributed by atoms with Crippen molar-refractivity contribution in [2.75, 3.05) is 12.4 Å². The number of rotatable bonds is 6. The fraction of sp³-hybridized carbons (Fsp3) is 0.143. The molecule has 3 rings (SSSR count). The van der Waals surface area contributed by atoms with Crippen molar-refractivity contribution in [3.8, 4) is 5.75 Å². The number of hydrogen-bond acceptors (Lipinski definition) is 3. The Morgan fingerprint density at radius 2 is 1.96 bits per heavy atom. The van der Waals surface area contributed by atoms with Crippen molar-refractivity contribution in [2.45, 2.75) is 13.5 Å². The highest BCUT2D eigenvalue weighted by Crippen LogP contribution is 2.14. The second-order valence-electron chi connectivity index (χ2n) is 6.10. The number of hydrogen-bond donors (Lipinski definition) is 2. The van der Waals surface area contributed by atoms with Crippen LogP contribution >= 0.6 is 12.2 Å². The summed E-state index contributed by atoms with van der Waals surface area (Å²) >= 11 is 5.27. The van der Waals surface area contributed by atoms with Gasteiger partial charge in [-0.3, -0.25) is 5.43 Å². The first-order valence-electron chi connectivity index (χ1n) is 8.59. The van der Waals surface area contributed by atoms with Crippen LogP contribution in [0.1, 0.15) is 16.8 Å². The summed E-state index contributed by atoms with van der Waals surface area (Å²) in [4.78, 5) is 0. The molecule has 2 aromatic carbocycles. The van der Waals surface area contributed by atoms with Crippen molar-refractivity contribution in [3.05, 3.63) is 83.7 Å². The van der Waals surface area contributed by atoms with E-state index in [2.05, 4.69) is 51.6 Å². The van der Waals surface area contributed by atoms with Crippen LogP contribution in [0.3, 0.4) is 0 Å². The fourth-order valence-electron chi connectivity index (χ4n) is 2.69. The van der Waals surface area contributed by atoms with E-state index in [9.17, 15) is 0 Å². The molecule has 3 aromatic rings. The normalized spacial score (nSPS) is 10.7. The number of anilines is 1. The second-order valence-corrected chi connectivity index (χ2v) is 6.51. The van der Waals surface area contributed by atoms with Gasteiger partial charge in [-0.15, -0.1) is 0 Å². The van der Waals surface area contributed by atoms with Crippen LogP contribution < -0.4 is 15.5 Å². The van der Waals surface area contributed by atoms with Crippen LogP contribution in [0.25, 0.3) is 0 Å². The molecule has 5 nitrogen and oxygen atoms in total. The number of aryl methyl sites for hydroxylation is 1. The average molecular weight is 379 g/mol. The number of nitrogens with one attached hydrogen (secondary N) is 2. The highest BCUT2D eigenvalue weighted by atomic mass is 32.1. The van der Waals surface area contributed by atoms with Gasteiger partial charge in [0.25, 0.3) is 0 Å². The van der Waals surface area contributed by atoms with Crippen LogP contribution in [0.2, 0.25) is 0 Å². The van der Waals surface area contributed by atoms with Gasteiger partial charge in [0.15, 0.2) is 5.11 Å². The number of benzene rings is 2. The molecular weight excluding hydrogens is 356 g/mol. The summed E-state index contributed by atoms with van der Waals surface area (Å²) in [6.07, 6.45) is 3.80. The van der Waals surface area contributed by atoms with Crippen molar-refractivity contribution < 1.29 is 4.74 Å². The van der Waals surface area contributed by atoms with E-state index in [0.717, 1.165) is 23.7 Å². The minimum atomic E-state index is 0.424. The zero-order valence-corrected chi connectivity index (χ0v) is 16.2. The Kier molecular flexibility index (Phi) is 6.22. The van der Waals surface area contributed by atoms with Gasteiger partial charge in [-0.25, -0.2) is 0 Å². The molecule has 138 valence electrons. The lowest BCUT2D eigenvalue weighted by Gasteiger charge is -2.09. The molecule has 2 N–H and O–H groups in total. The van der Waals surface area contributed by atoms with Crippen molar-refractivity contribution in [1.82, 2.24) is 9.99 Å². The number of nitrogens with zero attached hydrogens (tertiary/aromatic N) is 2. The largest absolute Gasteiger partial charge is 0.497 e. The zero-order valence-electron chi connectivity index (χ0n) is 15.3. The maximum atomic E-state index is 5.27. The second kappa shape index (κ2) is 9.00. The molecule has 0 saturated carbocycles. The number of ether oxygens (including phenoxy) is 1. The summed E-state index contributed by atoms with van der Waals surface area (Å²) in [6, 6.07) is 20.0. The lowest BCUT2D eigenvalue weighted by Crippen LogP contribution is -2.24. The molecule has 27 heavy (non-hydrogen) atoms. The van der Waals surface area contributed by atoms with Gasteiger partial charge in [0, 0.05) is 18.4 Å². The lowest BCUT2D eigenvalue weighted by molar-refractivity contribution is 0.415. The van der Waals surface area contributed by atoms with Crippen molar-refractivity contribution in [1.29, 1.82) is 0 Å². The summed E-state index contributed by atoms with van der Waals surface area (Å²) in [5.74, 6) is 0.798. The molecule has 1 heterocycles. The van der Waals surface area contributed by atoms with Gasteiger partial charge in [0.05, 0.1) is 19.0 Å². The molecule has 0 saturated heterocycles. The Hall–Kier alpha value is -3.12. The highest BCUT2D eigenvalue weighted by molar-refractivity contribution is 7.80. The first-order chi connectivity index (χ1) is 13.1. The molecule has 0 bridgehead atoms. The Labute approximate surface area is 164 Å². The molecule has 0 spiro atoms. The Morgan fingerprint density at radius 1 is 1.15 bits per heavy atom. The van der Waals surface area contributed by atoms with Gasteiger partial charge < -0.3 is 14.6 Å². The summed E-state index contributed by atoms with van der Waals surface area (Å²) < 4.78 is 7.28. The van der Waals surface area contributed by atoms with E-state index in [4.69, 9.17) is 17.0 Å². The van der Waals surface area contributed by atoms with E-state index in [1.807, 2.05) is 42.6 Å². The monoisotopic (exact) mass is 378 g/mol. The Morgan fingerprint density at radius 3 is 2.70 bits per heavy atom. The Balaban J connectivity index is 1.56. The maximum Gasteiger partial charge on any atom is 0.191 e. The minimum absolute atomic E-state index is 0.424. The van der Waals surface area contributed by atoms with Crippen molar-refractivity contribution in [2.24, 2.45) is 5.10 Å². The first kappa shape index (κ1) is 18.7. The summed E-state index contributed by atoms with van der Waals surface area (Å²) in [7, 11) is 1.64. The Bertz CT molecular complexity index is 931. The van der Waals surface area contributed by atoms with Crippen molar-refractivity contribution in [3.63, 3.8) is 0 Å². The van der Waals surface area contributed by atoms with Crippen LogP contribution in [-0.4, -0.2) is 23.0 Å². The number of thiocarbonyl (C=S) groups is 1. The molecule has 0 aliphatic carbocycles. The first-order valence-corrected chi connectivity index (χ1v) is 8.99. The zero-order chi connectivity index (χ0) is 19.1. The van der Waals surface area contributed by atoms with E-state index in [1.165, 1.54) is 11.1 Å². The highest BCUT2D eigenvalue weighted by Gasteiger charge is 2.01. The lowest BCUT2D eigenvalue weighted by atomic mass is 10.1. The third kappa shape index (κ3) is 5.43. The van der Waals surface area contributed by atoms with Gasteiger partial charge in [0.2, 0.25) is 0 Å². The standard InChI is InChI=1S/C21H22N4OS/c1-16-5-3-6-17(13-16)15-25-12-4-7-19(25)14-22-24-21(27)23-18-8-10-20(26-2)11-9-18/h3-14H,15H2,1-2H3,(H2,23,24,27)/b22-14-. The molecule has 0 aliphatic heterocycles. The number of aromatic nitrogens is 1. The summed E-state index contributed by atoms with van der Waals surface area (Å²) in [5.41, 5.74) is 7.22. The molecule has 0 fully saturated rings. The van der Waals surface area contributed by atoms with E-state index >= 15 is 0 Å². The molecular formula is C21H22N4OS. The smallest absolute Gasteiger partial charge is 0.191 e. The van der Waals surface area contributed by atoms with E-state index < -0.39 is 0 Å². The van der Waals surface area contributed by atoms with Gasteiger partial charge in [-0.05, 0) is 61.1 Å². The third-order valence-electron chi connectivity index (χ3n) is 4.01. The predicted octanol–water partition coefficient (Wildman–Crippen LogP) is 4.17. The topological polar surface area (TPSA) is 50.6 Å². The van der Waals surface area contributed by atoms with Crippen LogP contribution in [0.15, 0.2) is 72.0 Å². The van der Waals surface area contributed by atoms with Crippen LogP contribution in [0, 0.1) is 6.92 Å². The average Bonchev–Trinajstić information content (AvgIpc) is 3.09. The molecule has 0 atom stereocenters. The van der Waals surface area contributed by atoms with Gasteiger partial charge >= 0.3 is 0 Å². The van der Waals surface area contributed by atoms with Crippen LogP contribution in [-0.2, 0) is 6.54 Å². The van der Waals surface area contributed by atoms with Gasteiger partial charge in [-0.2, -0.15) is 5.10 Å². The van der Waals surface area contributed by atoms with Gasteiger partial charge in [0.1, 0.15) is 5.75 Å². The quantitative estimate of drug-likeness (QED) is 0.384. The van der Waals surface area contributed by atoms with Crippen molar-refractivity contribution >= 4 is 29.2 Å². The van der Waals surface area contributed by atoms with E-state index in [1.54, 1.807) is 13.3 Å². The SMILES string of the molecule is COc1ccc(NC(=S)N/N=C\c2cccn2Cc2cccc(C)c2)cc1. The number of hydrazone groups is 1. The molecule has 1 aromatic heterocycles.